The number of amides is 2. The highest BCUT2D eigenvalue weighted by Gasteiger charge is 2.40. The summed E-state index contributed by atoms with van der Waals surface area (Å²) in [5, 5.41) is 0.267. The molecule has 2 amide bonds. The van der Waals surface area contributed by atoms with Crippen LogP contribution in [-0.4, -0.2) is 39.8 Å². The fourth-order valence-electron chi connectivity index (χ4n) is 2.99. The predicted octanol–water partition coefficient (Wildman–Crippen LogP) is 3.69. The van der Waals surface area contributed by atoms with Crippen LogP contribution in [-0.2, 0) is 15.0 Å². The summed E-state index contributed by atoms with van der Waals surface area (Å²) in [5.41, 5.74) is 2.30. The van der Waals surface area contributed by atoms with Crippen LogP contribution in [0.4, 0.5) is 0 Å². The Morgan fingerprint density at radius 1 is 1.04 bits per heavy atom. The van der Waals surface area contributed by atoms with Crippen molar-refractivity contribution in [3.05, 3.63) is 39.8 Å². The number of thioether (sulfide) groups is 1. The number of allylic oxidation sites excluding steroid dienone is 1. The Bertz CT molecular complexity index is 917. The van der Waals surface area contributed by atoms with Crippen LogP contribution in [0.25, 0.3) is 0 Å². The first-order chi connectivity index (χ1) is 12.7. The van der Waals surface area contributed by atoms with Gasteiger partial charge in [-0.15, -0.1) is 0 Å². The third-order valence-corrected chi connectivity index (χ3v) is 6.13. The zero-order chi connectivity index (χ0) is 19.9. The molecule has 4 nitrogen and oxygen atoms in total. The van der Waals surface area contributed by atoms with Gasteiger partial charge in [-0.25, -0.2) is 0 Å². The van der Waals surface area contributed by atoms with Crippen molar-refractivity contribution in [2.45, 2.75) is 44.9 Å². The molecule has 2 heterocycles. The number of rotatable bonds is 2. The SMILES string of the molecule is CCN1C(=O)C(=C2C#Cc3cc(C(C)(C)C)ccc3S2)C(=O)N(CC)C1=S. The van der Waals surface area contributed by atoms with Gasteiger partial charge in [0, 0.05) is 23.5 Å². The molecule has 0 spiro atoms. The van der Waals surface area contributed by atoms with Crippen molar-refractivity contribution in [2.75, 3.05) is 13.1 Å². The zero-order valence-corrected chi connectivity index (χ0v) is 17.8. The molecular formula is C21H22N2O2S2. The number of benzene rings is 1. The Balaban J connectivity index is 2.08. The van der Waals surface area contributed by atoms with Crippen molar-refractivity contribution in [3.8, 4) is 11.8 Å². The van der Waals surface area contributed by atoms with E-state index in [1.807, 2.05) is 19.9 Å². The molecule has 140 valence electrons. The van der Waals surface area contributed by atoms with Gasteiger partial charge in [0.1, 0.15) is 5.57 Å². The third kappa shape index (κ3) is 3.42. The Labute approximate surface area is 170 Å². The van der Waals surface area contributed by atoms with Gasteiger partial charge in [-0.3, -0.25) is 19.4 Å². The molecule has 2 aliphatic rings. The highest BCUT2D eigenvalue weighted by atomic mass is 32.2. The van der Waals surface area contributed by atoms with Crippen LogP contribution >= 0.6 is 24.0 Å². The molecule has 3 rings (SSSR count). The summed E-state index contributed by atoms with van der Waals surface area (Å²) < 4.78 is 0. The summed E-state index contributed by atoms with van der Waals surface area (Å²) in [5.74, 6) is 5.47. The molecule has 0 unspecified atom stereocenters. The van der Waals surface area contributed by atoms with Gasteiger partial charge < -0.3 is 0 Å². The van der Waals surface area contributed by atoms with E-state index in [2.05, 4.69) is 44.7 Å². The van der Waals surface area contributed by atoms with Crippen LogP contribution in [0.15, 0.2) is 33.6 Å². The first-order valence-electron chi connectivity index (χ1n) is 8.95. The van der Waals surface area contributed by atoms with Crippen molar-refractivity contribution in [3.63, 3.8) is 0 Å². The minimum atomic E-state index is -0.358. The van der Waals surface area contributed by atoms with E-state index in [-0.39, 0.29) is 27.9 Å². The average Bonchev–Trinajstić information content (AvgIpc) is 2.61. The fraction of sp³-hybridized carbons (Fsp3) is 0.381. The monoisotopic (exact) mass is 398 g/mol. The summed E-state index contributed by atoms with van der Waals surface area (Å²) >= 11 is 6.70. The summed E-state index contributed by atoms with van der Waals surface area (Å²) in [4.78, 5) is 30.2. The van der Waals surface area contributed by atoms with Crippen molar-refractivity contribution in [2.24, 2.45) is 0 Å². The van der Waals surface area contributed by atoms with Gasteiger partial charge >= 0.3 is 0 Å². The first-order valence-corrected chi connectivity index (χ1v) is 10.2. The van der Waals surface area contributed by atoms with Gasteiger partial charge in [0.25, 0.3) is 11.8 Å². The van der Waals surface area contributed by atoms with Crippen LogP contribution in [0.2, 0.25) is 0 Å². The molecule has 1 aromatic carbocycles. The van der Waals surface area contributed by atoms with E-state index >= 15 is 0 Å². The molecule has 1 saturated heterocycles. The Morgan fingerprint density at radius 2 is 1.63 bits per heavy atom. The molecule has 0 bridgehead atoms. The predicted molar refractivity (Wildman–Crippen MR) is 112 cm³/mol. The molecule has 0 atom stereocenters. The van der Waals surface area contributed by atoms with Gasteiger partial charge in [0.15, 0.2) is 5.11 Å². The summed E-state index contributed by atoms with van der Waals surface area (Å²) in [6, 6.07) is 6.19. The van der Waals surface area contributed by atoms with Crippen LogP contribution in [0.3, 0.4) is 0 Å². The van der Waals surface area contributed by atoms with E-state index in [1.54, 1.807) is 0 Å². The number of carbonyl (C=O) groups excluding carboxylic acids is 2. The van der Waals surface area contributed by atoms with Crippen LogP contribution in [0.5, 0.6) is 0 Å². The van der Waals surface area contributed by atoms with Gasteiger partial charge in [0.2, 0.25) is 0 Å². The van der Waals surface area contributed by atoms with Crippen molar-refractivity contribution >= 4 is 40.9 Å². The molecule has 1 fully saturated rings. The van der Waals surface area contributed by atoms with E-state index in [0.29, 0.717) is 18.0 Å². The molecule has 27 heavy (non-hydrogen) atoms. The number of nitrogens with zero attached hydrogens (tertiary/aromatic N) is 2. The second kappa shape index (κ2) is 7.14. The molecule has 0 aromatic heterocycles. The lowest BCUT2D eigenvalue weighted by atomic mass is 9.86. The van der Waals surface area contributed by atoms with E-state index < -0.39 is 0 Å². The van der Waals surface area contributed by atoms with Gasteiger partial charge in [-0.1, -0.05) is 50.4 Å². The molecular weight excluding hydrogens is 376 g/mol. The van der Waals surface area contributed by atoms with Crippen LogP contribution in [0, 0.1) is 11.8 Å². The average molecular weight is 399 g/mol. The van der Waals surface area contributed by atoms with Crippen molar-refractivity contribution in [1.29, 1.82) is 0 Å². The molecule has 0 N–H and O–H groups in total. The van der Waals surface area contributed by atoms with Crippen LogP contribution in [0.1, 0.15) is 45.7 Å². The maximum absolute atomic E-state index is 12.9. The lowest BCUT2D eigenvalue weighted by molar-refractivity contribution is -0.133. The Hall–Kier alpha value is -2.10. The second-order valence-electron chi connectivity index (χ2n) is 7.40. The molecule has 2 aliphatic heterocycles. The number of carbonyl (C=O) groups is 2. The highest BCUT2D eigenvalue weighted by Crippen LogP contribution is 2.38. The Morgan fingerprint density at radius 3 is 2.15 bits per heavy atom. The molecule has 0 radical (unpaired) electrons. The molecule has 1 aromatic rings. The minimum absolute atomic E-state index is 0.0361. The van der Waals surface area contributed by atoms with Crippen molar-refractivity contribution < 1.29 is 9.59 Å². The number of fused-ring (bicyclic) bond motifs is 1. The van der Waals surface area contributed by atoms with Crippen molar-refractivity contribution in [1.82, 2.24) is 9.80 Å². The van der Waals surface area contributed by atoms with Gasteiger partial charge in [-0.05, 0) is 49.2 Å². The summed E-state index contributed by atoms with van der Waals surface area (Å²) in [6.07, 6.45) is 0. The summed E-state index contributed by atoms with van der Waals surface area (Å²) in [7, 11) is 0. The zero-order valence-electron chi connectivity index (χ0n) is 16.2. The van der Waals surface area contributed by atoms with Gasteiger partial charge in [-0.2, -0.15) is 0 Å². The number of thiocarbonyl (C=S) groups is 1. The van der Waals surface area contributed by atoms with E-state index in [0.717, 1.165) is 10.5 Å². The van der Waals surface area contributed by atoms with Crippen LogP contribution < -0.4 is 0 Å². The topological polar surface area (TPSA) is 40.6 Å². The molecule has 6 heteroatoms. The fourth-order valence-corrected chi connectivity index (χ4v) is 4.37. The van der Waals surface area contributed by atoms with E-state index in [9.17, 15) is 9.59 Å². The standard InChI is InChI=1S/C21H22N2O2S2/c1-6-22-18(24)17(19(25)23(7-2)20(22)26)16-10-8-13-12-14(21(3,4)5)9-11-15(13)27-16/h9,11-12H,6-7H2,1-5H3. The van der Waals surface area contributed by atoms with Gasteiger partial charge in [0.05, 0.1) is 4.91 Å². The molecule has 0 aliphatic carbocycles. The molecule has 0 saturated carbocycles. The highest BCUT2D eigenvalue weighted by molar-refractivity contribution is 8.03. The Kier molecular flexibility index (Phi) is 5.20. The largest absolute Gasteiger partial charge is 0.285 e. The second-order valence-corrected chi connectivity index (χ2v) is 8.82. The lowest BCUT2D eigenvalue weighted by Gasteiger charge is -2.36. The maximum atomic E-state index is 12.9. The number of hydrogen-bond donors (Lipinski definition) is 0. The smallest absolute Gasteiger partial charge is 0.267 e. The normalized spacial score (nSPS) is 17.1. The third-order valence-electron chi connectivity index (χ3n) is 4.61. The maximum Gasteiger partial charge on any atom is 0.267 e. The van der Waals surface area contributed by atoms with E-state index in [4.69, 9.17) is 12.2 Å². The lowest BCUT2D eigenvalue weighted by Crippen LogP contribution is -2.56. The first kappa shape index (κ1) is 19.7. The number of hydrogen-bond acceptors (Lipinski definition) is 4. The van der Waals surface area contributed by atoms with E-state index in [1.165, 1.54) is 27.1 Å². The summed E-state index contributed by atoms with van der Waals surface area (Å²) in [6.45, 7) is 11.0. The number of likely N-dealkylation sites (N-methyl/N-ethyl adjacent to an activating group) is 2. The quantitative estimate of drug-likeness (QED) is 0.330. The minimum Gasteiger partial charge on any atom is -0.285 e.